The minimum atomic E-state index is -4.49. The van der Waals surface area contributed by atoms with Crippen molar-refractivity contribution >= 4 is 11.7 Å². The normalized spacial score (nSPS) is 12.6. The molecule has 3 N–H and O–H groups in total. The van der Waals surface area contributed by atoms with Gasteiger partial charge in [0.15, 0.2) is 0 Å². The standard InChI is InChI=1S/C17H17F3N6O2/c1-25-8-11(6-21-25)15(10-27)24-16(28)23-13-3-2-4-14(5-13)26-9-12(7-22-26)17(18,19)20/h2-9,15,27H,10H2,1H3,(H2,23,24,28). The molecule has 0 fully saturated rings. The van der Waals surface area contributed by atoms with Gasteiger partial charge in [-0.3, -0.25) is 4.68 Å². The number of anilines is 1. The summed E-state index contributed by atoms with van der Waals surface area (Å²) in [7, 11) is 1.71. The molecular formula is C17H17F3N6O2. The van der Waals surface area contributed by atoms with Crippen LogP contribution in [0.1, 0.15) is 17.2 Å². The van der Waals surface area contributed by atoms with Crippen LogP contribution in [0, 0.1) is 0 Å². The molecule has 3 aromatic rings. The van der Waals surface area contributed by atoms with E-state index in [-0.39, 0.29) is 6.61 Å². The van der Waals surface area contributed by atoms with Gasteiger partial charge in [0, 0.05) is 30.7 Å². The van der Waals surface area contributed by atoms with E-state index < -0.39 is 23.8 Å². The van der Waals surface area contributed by atoms with Gasteiger partial charge in [0.05, 0.1) is 36.3 Å². The number of amides is 2. The molecule has 11 heteroatoms. The van der Waals surface area contributed by atoms with E-state index in [1.165, 1.54) is 12.3 Å². The fourth-order valence-corrected chi connectivity index (χ4v) is 2.52. The SMILES string of the molecule is Cn1cc(C(CO)NC(=O)Nc2cccc(-n3cc(C(F)(F)F)cn3)c2)cn1. The van der Waals surface area contributed by atoms with E-state index in [2.05, 4.69) is 20.8 Å². The van der Waals surface area contributed by atoms with Gasteiger partial charge in [-0.1, -0.05) is 6.07 Å². The number of alkyl halides is 3. The highest BCUT2D eigenvalue weighted by molar-refractivity contribution is 5.89. The van der Waals surface area contributed by atoms with Gasteiger partial charge < -0.3 is 15.7 Å². The molecule has 0 aliphatic rings. The van der Waals surface area contributed by atoms with Crippen LogP contribution >= 0.6 is 0 Å². The largest absolute Gasteiger partial charge is 0.419 e. The van der Waals surface area contributed by atoms with E-state index in [0.717, 1.165) is 17.1 Å². The highest BCUT2D eigenvalue weighted by Crippen LogP contribution is 2.29. The van der Waals surface area contributed by atoms with Gasteiger partial charge in [-0.05, 0) is 18.2 Å². The van der Waals surface area contributed by atoms with Crippen LogP contribution in [-0.2, 0) is 13.2 Å². The van der Waals surface area contributed by atoms with Gasteiger partial charge in [0.2, 0.25) is 0 Å². The maximum absolute atomic E-state index is 12.7. The lowest BCUT2D eigenvalue weighted by molar-refractivity contribution is -0.137. The molecule has 1 aromatic carbocycles. The number of halogens is 3. The number of hydrogen-bond acceptors (Lipinski definition) is 4. The van der Waals surface area contributed by atoms with Gasteiger partial charge in [0.25, 0.3) is 0 Å². The van der Waals surface area contributed by atoms with E-state index in [9.17, 15) is 23.1 Å². The number of carbonyl (C=O) groups excluding carboxylic acids is 1. The van der Waals surface area contributed by atoms with E-state index in [0.29, 0.717) is 16.9 Å². The molecule has 8 nitrogen and oxygen atoms in total. The van der Waals surface area contributed by atoms with Crippen LogP contribution in [0.3, 0.4) is 0 Å². The molecule has 0 radical (unpaired) electrons. The number of hydrogen-bond donors (Lipinski definition) is 3. The average Bonchev–Trinajstić information content (AvgIpc) is 3.29. The van der Waals surface area contributed by atoms with Crippen LogP contribution in [0.5, 0.6) is 0 Å². The van der Waals surface area contributed by atoms with Crippen LogP contribution in [0.2, 0.25) is 0 Å². The number of benzene rings is 1. The molecule has 0 saturated carbocycles. The van der Waals surface area contributed by atoms with Crippen molar-refractivity contribution < 1.29 is 23.1 Å². The van der Waals surface area contributed by atoms with Crippen molar-refractivity contribution in [2.24, 2.45) is 7.05 Å². The van der Waals surface area contributed by atoms with Crippen LogP contribution in [0.4, 0.5) is 23.7 Å². The number of nitrogens with zero attached hydrogens (tertiary/aromatic N) is 4. The van der Waals surface area contributed by atoms with E-state index in [4.69, 9.17) is 0 Å². The Balaban J connectivity index is 1.70. The molecular weight excluding hydrogens is 377 g/mol. The average molecular weight is 394 g/mol. The number of rotatable bonds is 5. The third-order valence-electron chi connectivity index (χ3n) is 3.89. The van der Waals surface area contributed by atoms with Crippen molar-refractivity contribution in [1.82, 2.24) is 24.9 Å². The Bertz CT molecular complexity index is 966. The third-order valence-corrected chi connectivity index (χ3v) is 3.89. The molecule has 148 valence electrons. The summed E-state index contributed by atoms with van der Waals surface area (Å²) in [5, 5.41) is 22.4. The summed E-state index contributed by atoms with van der Waals surface area (Å²) in [6, 6.07) is 4.95. The zero-order valence-corrected chi connectivity index (χ0v) is 14.7. The van der Waals surface area contributed by atoms with Crippen molar-refractivity contribution in [2.45, 2.75) is 12.2 Å². The summed E-state index contributed by atoms with van der Waals surface area (Å²) in [6.45, 7) is -0.327. The molecule has 3 rings (SSSR count). The molecule has 0 bridgehead atoms. The second-order valence-electron chi connectivity index (χ2n) is 6.00. The van der Waals surface area contributed by atoms with E-state index >= 15 is 0 Å². The summed E-state index contributed by atoms with van der Waals surface area (Å²) >= 11 is 0. The van der Waals surface area contributed by atoms with Gasteiger partial charge in [-0.2, -0.15) is 23.4 Å². The fraction of sp³-hybridized carbons (Fsp3) is 0.235. The lowest BCUT2D eigenvalue weighted by atomic mass is 10.2. The Labute approximate surface area is 157 Å². The summed E-state index contributed by atoms with van der Waals surface area (Å²) in [5.41, 5.74) is 0.456. The Hall–Kier alpha value is -3.34. The van der Waals surface area contributed by atoms with Crippen molar-refractivity contribution in [3.8, 4) is 5.69 Å². The number of nitrogens with one attached hydrogen (secondary N) is 2. The first kappa shape index (κ1) is 19.4. The zero-order chi connectivity index (χ0) is 20.3. The summed E-state index contributed by atoms with van der Waals surface area (Å²) in [4.78, 5) is 12.2. The number of urea groups is 1. The molecule has 2 amide bonds. The van der Waals surface area contributed by atoms with Crippen LogP contribution < -0.4 is 10.6 Å². The van der Waals surface area contributed by atoms with E-state index in [1.54, 1.807) is 36.1 Å². The van der Waals surface area contributed by atoms with Crippen molar-refractivity contribution in [3.63, 3.8) is 0 Å². The first-order valence-corrected chi connectivity index (χ1v) is 8.15. The van der Waals surface area contributed by atoms with Gasteiger partial charge in [-0.15, -0.1) is 0 Å². The van der Waals surface area contributed by atoms with Gasteiger partial charge in [-0.25, -0.2) is 9.48 Å². The predicted octanol–water partition coefficient (Wildman–Crippen LogP) is 2.48. The van der Waals surface area contributed by atoms with Crippen LogP contribution in [0.15, 0.2) is 49.1 Å². The summed E-state index contributed by atoms with van der Waals surface area (Å²) in [5.74, 6) is 0. The molecule has 0 saturated heterocycles. The first-order valence-electron chi connectivity index (χ1n) is 8.15. The highest BCUT2D eigenvalue weighted by Gasteiger charge is 2.32. The third kappa shape index (κ3) is 4.49. The maximum Gasteiger partial charge on any atom is 0.419 e. The van der Waals surface area contributed by atoms with Gasteiger partial charge in [0.1, 0.15) is 0 Å². The number of aliphatic hydroxyl groups excluding tert-OH is 1. The number of aryl methyl sites for hydroxylation is 1. The smallest absolute Gasteiger partial charge is 0.394 e. The second-order valence-corrected chi connectivity index (χ2v) is 6.00. The maximum atomic E-state index is 12.7. The molecule has 2 aromatic heterocycles. The molecule has 2 heterocycles. The van der Waals surface area contributed by atoms with Crippen LogP contribution in [-0.4, -0.2) is 37.3 Å². The van der Waals surface area contributed by atoms with Crippen molar-refractivity contribution in [3.05, 3.63) is 60.2 Å². The van der Waals surface area contributed by atoms with Gasteiger partial charge >= 0.3 is 12.2 Å². The monoisotopic (exact) mass is 394 g/mol. The minimum Gasteiger partial charge on any atom is -0.394 e. The number of carbonyl (C=O) groups is 1. The van der Waals surface area contributed by atoms with Crippen molar-refractivity contribution in [2.75, 3.05) is 11.9 Å². The Morgan fingerprint density at radius 1 is 1.25 bits per heavy atom. The lowest BCUT2D eigenvalue weighted by Gasteiger charge is -2.15. The molecule has 1 atom stereocenters. The second kappa shape index (κ2) is 7.72. The van der Waals surface area contributed by atoms with E-state index in [1.807, 2.05) is 0 Å². The summed E-state index contributed by atoms with van der Waals surface area (Å²) in [6.07, 6.45) is 0.297. The highest BCUT2D eigenvalue weighted by atomic mass is 19.4. The number of aromatic nitrogens is 4. The number of aliphatic hydroxyl groups is 1. The molecule has 0 spiro atoms. The Kier molecular flexibility index (Phi) is 5.36. The quantitative estimate of drug-likeness (QED) is 0.619. The first-order chi connectivity index (χ1) is 13.3. The lowest BCUT2D eigenvalue weighted by Crippen LogP contribution is -2.34. The molecule has 1 unspecified atom stereocenters. The fourth-order valence-electron chi connectivity index (χ4n) is 2.52. The molecule has 0 aliphatic heterocycles. The zero-order valence-electron chi connectivity index (χ0n) is 14.7. The summed E-state index contributed by atoms with van der Waals surface area (Å²) < 4.78 is 40.8. The molecule has 0 aliphatic carbocycles. The topological polar surface area (TPSA) is 97.0 Å². The molecule has 28 heavy (non-hydrogen) atoms. The predicted molar refractivity (Wildman–Crippen MR) is 93.8 cm³/mol. The van der Waals surface area contributed by atoms with Crippen LogP contribution in [0.25, 0.3) is 5.69 Å². The Morgan fingerprint density at radius 2 is 2.04 bits per heavy atom. The Morgan fingerprint density at radius 3 is 2.64 bits per heavy atom. The minimum absolute atomic E-state index is 0.327. The van der Waals surface area contributed by atoms with Crippen molar-refractivity contribution in [1.29, 1.82) is 0 Å².